The molecule has 0 N–H and O–H groups in total. The minimum Gasteiger partial charge on any atom is -0.461 e. The van der Waals surface area contributed by atoms with E-state index in [0.717, 1.165) is 5.52 Å². The van der Waals surface area contributed by atoms with E-state index in [-0.39, 0.29) is 24.9 Å². The number of carbonyl (C=O) groups is 4. The highest BCUT2D eigenvalue weighted by Crippen LogP contribution is 2.62. The molecule has 3 aliphatic rings. The number of Topliss-reactive ketones (excluding diaryl/α,β-unsaturated/α-hetero) is 1. The average molecular weight is 579 g/mol. The Morgan fingerprint density at radius 3 is 2.38 bits per heavy atom. The zero-order chi connectivity index (χ0) is 30.4. The fourth-order valence-corrected chi connectivity index (χ4v) is 7.34. The molecule has 0 bridgehead atoms. The second-order valence-electron chi connectivity index (χ2n) is 12.3. The highest BCUT2D eigenvalue weighted by atomic mass is 16.6. The van der Waals surface area contributed by atoms with Crippen LogP contribution in [0.2, 0.25) is 0 Å². The number of hydrogen-bond acceptors (Lipinski definition) is 10. The monoisotopic (exact) mass is 578 g/mol. The van der Waals surface area contributed by atoms with Gasteiger partial charge in [0.1, 0.15) is 12.7 Å². The Bertz CT molecular complexity index is 1470. The normalized spacial score (nSPS) is 32.8. The van der Waals surface area contributed by atoms with E-state index in [1.165, 1.54) is 20.8 Å². The van der Waals surface area contributed by atoms with Crippen LogP contribution in [0.25, 0.3) is 11.0 Å². The Kier molecular flexibility index (Phi) is 7.72. The summed E-state index contributed by atoms with van der Waals surface area (Å²) in [6.45, 7) is 10.1. The molecule has 1 saturated carbocycles. The van der Waals surface area contributed by atoms with Crippen LogP contribution in [0.4, 0.5) is 0 Å². The minimum absolute atomic E-state index is 0.0293. The molecule has 0 unspecified atom stereocenters. The van der Waals surface area contributed by atoms with Crippen LogP contribution < -0.4 is 0 Å². The maximum absolute atomic E-state index is 14.2. The van der Waals surface area contributed by atoms with Gasteiger partial charge in [0, 0.05) is 26.7 Å². The lowest BCUT2D eigenvalue weighted by atomic mass is 9.45. The van der Waals surface area contributed by atoms with Crippen molar-refractivity contribution in [2.75, 3.05) is 13.2 Å². The maximum Gasteiger partial charge on any atom is 0.303 e. The Balaban J connectivity index is 1.58. The van der Waals surface area contributed by atoms with Crippen molar-refractivity contribution >= 4 is 34.7 Å². The largest absolute Gasteiger partial charge is 0.461 e. The number of nitrogens with zero attached hydrogens (tertiary/aromatic N) is 2. The highest BCUT2D eigenvalue weighted by molar-refractivity contribution is 5.94. The topological polar surface area (TPSA) is 134 Å². The van der Waals surface area contributed by atoms with E-state index in [4.69, 9.17) is 23.9 Å². The van der Waals surface area contributed by atoms with Crippen LogP contribution in [0.15, 0.2) is 42.1 Å². The fraction of sp³-hybridized carbons (Fsp3) is 0.562. The third kappa shape index (κ3) is 4.99. The Morgan fingerprint density at radius 1 is 1.07 bits per heavy atom. The predicted octanol–water partition coefficient (Wildman–Crippen LogP) is 4.24. The molecule has 2 fully saturated rings. The van der Waals surface area contributed by atoms with Crippen LogP contribution in [0.1, 0.15) is 66.5 Å². The minimum atomic E-state index is -1.07. The van der Waals surface area contributed by atoms with Crippen LogP contribution in [-0.2, 0) is 43.7 Å². The molecule has 10 nitrogen and oxygen atoms in total. The van der Waals surface area contributed by atoms with Crippen molar-refractivity contribution in [3.8, 4) is 0 Å². The van der Waals surface area contributed by atoms with Gasteiger partial charge in [0.05, 0.1) is 34.9 Å². The van der Waals surface area contributed by atoms with Crippen LogP contribution in [0.5, 0.6) is 0 Å². The summed E-state index contributed by atoms with van der Waals surface area (Å²) in [6.07, 6.45) is 3.50. The first-order valence-electron chi connectivity index (χ1n) is 14.4. The first-order chi connectivity index (χ1) is 19.8. The van der Waals surface area contributed by atoms with E-state index in [2.05, 4.69) is 11.9 Å². The van der Waals surface area contributed by atoms with Crippen LogP contribution in [0, 0.1) is 22.7 Å². The average Bonchev–Trinajstić information content (AvgIpc) is 3.75. The zero-order valence-corrected chi connectivity index (χ0v) is 25.0. The predicted molar refractivity (Wildman–Crippen MR) is 151 cm³/mol. The van der Waals surface area contributed by atoms with Gasteiger partial charge in [-0.05, 0) is 55.2 Å². The molecule has 0 amide bonds. The molecule has 42 heavy (non-hydrogen) atoms. The lowest BCUT2D eigenvalue weighted by Gasteiger charge is -2.59. The van der Waals surface area contributed by atoms with E-state index in [1.54, 1.807) is 6.20 Å². The molecule has 1 aromatic carbocycles. The van der Waals surface area contributed by atoms with E-state index in [0.29, 0.717) is 36.0 Å². The van der Waals surface area contributed by atoms with Gasteiger partial charge in [0.25, 0.3) is 0 Å². The van der Waals surface area contributed by atoms with Crippen LogP contribution in [-0.4, -0.2) is 59.1 Å². The number of ketones is 1. The van der Waals surface area contributed by atoms with Gasteiger partial charge in [-0.25, -0.2) is 4.98 Å². The molecule has 2 aliphatic carbocycles. The Labute approximate surface area is 245 Å². The zero-order valence-electron chi connectivity index (χ0n) is 25.0. The number of benzene rings is 1. The second-order valence-corrected chi connectivity index (χ2v) is 12.3. The number of rotatable bonds is 8. The highest BCUT2D eigenvalue weighted by Gasteiger charge is 2.66. The summed E-state index contributed by atoms with van der Waals surface area (Å²) < 4.78 is 23.2. The molecule has 10 heteroatoms. The summed E-state index contributed by atoms with van der Waals surface area (Å²) in [5.74, 6) is -2.34. The summed E-state index contributed by atoms with van der Waals surface area (Å²) in [5.41, 5.74) is -0.0698. The molecule has 224 valence electrons. The van der Waals surface area contributed by atoms with Crippen LogP contribution in [0.3, 0.4) is 0 Å². The molecular formula is C32H38N2O8. The summed E-state index contributed by atoms with van der Waals surface area (Å²) in [5, 5.41) is 0. The lowest BCUT2D eigenvalue weighted by Crippen LogP contribution is -2.63. The molecule has 2 heterocycles. The van der Waals surface area contributed by atoms with E-state index in [9.17, 15) is 19.2 Å². The molecule has 7 atom stereocenters. The third-order valence-corrected chi connectivity index (χ3v) is 9.79. The SMILES string of the molecule is CC(=O)OCC1=CCC[C@@H]2[C@]1(C)C(=O)[C@H](OC(C)=O)[C@@H](C)[C@@]2(C)C[C@@H](OC(C)=O)[C@]1(c2cnc3ccccc3n2)CO1. The van der Waals surface area contributed by atoms with Crippen LogP contribution >= 0.6 is 0 Å². The number of allylic oxidation sites excluding steroid dienone is 1. The molecule has 5 rings (SSSR count). The summed E-state index contributed by atoms with van der Waals surface area (Å²) in [6, 6.07) is 7.51. The molecule has 1 aromatic heterocycles. The van der Waals surface area contributed by atoms with Gasteiger partial charge in [-0.15, -0.1) is 0 Å². The number of ether oxygens (including phenoxy) is 4. The Hall–Kier alpha value is -3.66. The van der Waals surface area contributed by atoms with Crippen molar-refractivity contribution in [3.05, 3.63) is 47.8 Å². The van der Waals surface area contributed by atoms with Gasteiger partial charge in [-0.1, -0.05) is 32.1 Å². The molecule has 0 radical (unpaired) electrons. The van der Waals surface area contributed by atoms with E-state index in [1.807, 2.05) is 44.2 Å². The maximum atomic E-state index is 14.2. The number of fused-ring (bicyclic) bond motifs is 2. The first-order valence-corrected chi connectivity index (χ1v) is 14.4. The van der Waals surface area contributed by atoms with Gasteiger partial charge in [0.15, 0.2) is 17.5 Å². The van der Waals surface area contributed by atoms with Gasteiger partial charge < -0.3 is 18.9 Å². The van der Waals surface area contributed by atoms with Crippen molar-refractivity contribution in [1.29, 1.82) is 0 Å². The Morgan fingerprint density at radius 2 is 1.76 bits per heavy atom. The van der Waals surface area contributed by atoms with Crippen molar-refractivity contribution in [2.45, 2.75) is 78.6 Å². The first kappa shape index (κ1) is 29.8. The standard InChI is InChI=1S/C32H38N2O8/c1-18-28(42-21(4)37)29(38)31(6)22(16-39-19(2)35)10-9-13-25(31)30(18,5)14-27(41-20(3)36)32(17-40-32)26-15-33-23-11-7-8-12-24(23)34-26/h7-8,10-12,15,18,25,27-28H,9,13-14,16-17H2,1-6H3/t18-,25+,27-,28-,30-,31-,32-/m1/s1. The smallest absolute Gasteiger partial charge is 0.303 e. The molecular weight excluding hydrogens is 540 g/mol. The molecule has 2 aromatic rings. The van der Waals surface area contributed by atoms with Gasteiger partial charge >= 0.3 is 17.9 Å². The number of carbonyl (C=O) groups excluding carboxylic acids is 4. The molecule has 1 saturated heterocycles. The van der Waals surface area contributed by atoms with E-state index < -0.39 is 52.5 Å². The fourth-order valence-electron chi connectivity index (χ4n) is 7.34. The number of para-hydroxylation sites is 2. The second kappa shape index (κ2) is 10.9. The lowest BCUT2D eigenvalue weighted by molar-refractivity contribution is -0.186. The summed E-state index contributed by atoms with van der Waals surface area (Å²) in [4.78, 5) is 60.1. The third-order valence-electron chi connectivity index (χ3n) is 9.79. The molecule has 1 aliphatic heterocycles. The van der Waals surface area contributed by atoms with Crippen molar-refractivity contribution in [1.82, 2.24) is 9.97 Å². The van der Waals surface area contributed by atoms with Gasteiger partial charge in [0.2, 0.25) is 0 Å². The van der Waals surface area contributed by atoms with Crippen molar-refractivity contribution in [2.24, 2.45) is 22.7 Å². The van der Waals surface area contributed by atoms with Crippen molar-refractivity contribution < 1.29 is 38.1 Å². The number of esters is 3. The summed E-state index contributed by atoms with van der Waals surface area (Å²) >= 11 is 0. The van der Waals surface area contributed by atoms with Gasteiger partial charge in [-0.3, -0.25) is 24.2 Å². The van der Waals surface area contributed by atoms with E-state index >= 15 is 0 Å². The number of epoxide rings is 1. The molecule has 0 spiro atoms. The number of hydrogen-bond donors (Lipinski definition) is 0. The quantitative estimate of drug-likeness (QED) is 0.194. The number of aromatic nitrogens is 2. The summed E-state index contributed by atoms with van der Waals surface area (Å²) in [7, 11) is 0. The van der Waals surface area contributed by atoms with Gasteiger partial charge in [-0.2, -0.15) is 0 Å². The van der Waals surface area contributed by atoms with Crippen molar-refractivity contribution in [3.63, 3.8) is 0 Å².